The van der Waals surface area contributed by atoms with Crippen LogP contribution in [0.3, 0.4) is 0 Å². The Hall–Kier alpha value is -2.16. The van der Waals surface area contributed by atoms with E-state index in [2.05, 4.69) is 16.0 Å². The number of carbonyl (C=O) groups excluding carboxylic acids is 2. The van der Waals surface area contributed by atoms with E-state index in [1.54, 1.807) is 24.3 Å². The summed E-state index contributed by atoms with van der Waals surface area (Å²) >= 11 is 5.91. The maximum absolute atomic E-state index is 12.2. The van der Waals surface area contributed by atoms with Crippen LogP contribution in [0, 0.1) is 0 Å². The third-order valence-corrected chi connectivity index (χ3v) is 4.74. The summed E-state index contributed by atoms with van der Waals surface area (Å²) in [6.07, 6.45) is 1.68. The SMILES string of the molecule is O=C(CC(CNC(=O)[C@@H]1CCCN1)c1ccc(Cl)cc1)N[C@@H](CO)C(=O)O. The van der Waals surface area contributed by atoms with Crippen molar-refractivity contribution in [2.24, 2.45) is 0 Å². The number of hydrogen-bond acceptors (Lipinski definition) is 5. The first-order valence-corrected chi connectivity index (χ1v) is 9.18. The zero-order valence-corrected chi connectivity index (χ0v) is 15.5. The molecule has 0 saturated carbocycles. The van der Waals surface area contributed by atoms with Gasteiger partial charge in [-0.05, 0) is 37.1 Å². The standard InChI is InChI=1S/C18H24ClN3O5/c19-13-5-3-11(4-6-13)12(8-16(24)22-15(10-23)18(26)27)9-21-17(25)14-2-1-7-20-14/h3-6,12,14-15,20,23H,1-2,7-10H2,(H,21,25)(H,22,24)(H,26,27)/t12?,14-,15-/m0/s1. The summed E-state index contributed by atoms with van der Waals surface area (Å²) in [6.45, 7) is 0.332. The number of rotatable bonds is 9. The van der Waals surface area contributed by atoms with Crippen LogP contribution in [0.4, 0.5) is 0 Å². The number of amides is 2. The maximum atomic E-state index is 12.2. The molecular weight excluding hydrogens is 374 g/mol. The van der Waals surface area contributed by atoms with Gasteiger partial charge in [0.05, 0.1) is 12.6 Å². The van der Waals surface area contributed by atoms with Crippen LogP contribution in [0.5, 0.6) is 0 Å². The second-order valence-corrected chi connectivity index (χ2v) is 6.92. The number of halogens is 1. The largest absolute Gasteiger partial charge is 0.480 e. The topological polar surface area (TPSA) is 128 Å². The molecule has 1 saturated heterocycles. The highest BCUT2D eigenvalue weighted by Crippen LogP contribution is 2.21. The Kier molecular flexibility index (Phi) is 8.02. The Bertz CT molecular complexity index is 661. The van der Waals surface area contributed by atoms with Crippen LogP contribution >= 0.6 is 11.6 Å². The molecule has 1 unspecified atom stereocenters. The van der Waals surface area contributed by atoms with Crippen molar-refractivity contribution in [1.29, 1.82) is 0 Å². The Labute approximate surface area is 162 Å². The van der Waals surface area contributed by atoms with E-state index in [0.29, 0.717) is 5.02 Å². The highest BCUT2D eigenvalue weighted by Gasteiger charge is 2.25. The average molecular weight is 398 g/mol. The van der Waals surface area contributed by atoms with Gasteiger partial charge in [-0.1, -0.05) is 23.7 Å². The van der Waals surface area contributed by atoms with E-state index in [1.165, 1.54) is 0 Å². The van der Waals surface area contributed by atoms with Crippen molar-refractivity contribution in [3.05, 3.63) is 34.9 Å². The number of carboxylic acids is 1. The molecule has 1 aromatic rings. The minimum atomic E-state index is -1.36. The monoisotopic (exact) mass is 397 g/mol. The van der Waals surface area contributed by atoms with Crippen LogP contribution < -0.4 is 16.0 Å². The molecule has 2 rings (SSSR count). The molecule has 0 bridgehead atoms. The summed E-state index contributed by atoms with van der Waals surface area (Å²) < 4.78 is 0. The zero-order valence-electron chi connectivity index (χ0n) is 14.8. The number of aliphatic hydroxyl groups is 1. The van der Waals surface area contributed by atoms with Gasteiger partial charge < -0.3 is 26.2 Å². The van der Waals surface area contributed by atoms with E-state index < -0.39 is 24.5 Å². The first-order chi connectivity index (χ1) is 12.9. The van der Waals surface area contributed by atoms with E-state index in [0.717, 1.165) is 24.9 Å². The van der Waals surface area contributed by atoms with Gasteiger partial charge in [-0.15, -0.1) is 0 Å². The quantitative estimate of drug-likeness (QED) is 0.406. The van der Waals surface area contributed by atoms with E-state index in [4.69, 9.17) is 21.8 Å². The smallest absolute Gasteiger partial charge is 0.328 e. The molecular formula is C18H24ClN3O5. The molecule has 3 atom stereocenters. The van der Waals surface area contributed by atoms with Crippen LogP contribution in [0.25, 0.3) is 0 Å². The number of hydrogen-bond donors (Lipinski definition) is 5. The molecule has 1 fully saturated rings. The van der Waals surface area contributed by atoms with Crippen molar-refractivity contribution in [3.63, 3.8) is 0 Å². The van der Waals surface area contributed by atoms with Gasteiger partial charge in [-0.2, -0.15) is 0 Å². The van der Waals surface area contributed by atoms with Crippen LogP contribution in [0.2, 0.25) is 5.02 Å². The first-order valence-electron chi connectivity index (χ1n) is 8.80. The van der Waals surface area contributed by atoms with Gasteiger partial charge in [-0.25, -0.2) is 4.79 Å². The van der Waals surface area contributed by atoms with Crippen molar-refractivity contribution in [2.75, 3.05) is 19.7 Å². The van der Waals surface area contributed by atoms with Gasteiger partial charge in [0.2, 0.25) is 11.8 Å². The van der Waals surface area contributed by atoms with Crippen molar-refractivity contribution >= 4 is 29.4 Å². The van der Waals surface area contributed by atoms with Gasteiger partial charge in [0.25, 0.3) is 0 Å². The second-order valence-electron chi connectivity index (χ2n) is 6.49. The van der Waals surface area contributed by atoms with E-state index in [9.17, 15) is 14.4 Å². The molecule has 0 spiro atoms. The van der Waals surface area contributed by atoms with Crippen LogP contribution in [-0.2, 0) is 14.4 Å². The highest BCUT2D eigenvalue weighted by atomic mass is 35.5. The fraction of sp³-hybridized carbons (Fsp3) is 0.500. The van der Waals surface area contributed by atoms with Gasteiger partial charge in [0.15, 0.2) is 0 Å². The summed E-state index contributed by atoms with van der Waals surface area (Å²) in [7, 11) is 0. The number of benzene rings is 1. The highest BCUT2D eigenvalue weighted by molar-refractivity contribution is 6.30. The molecule has 148 valence electrons. The van der Waals surface area contributed by atoms with Crippen LogP contribution in [0.1, 0.15) is 30.7 Å². The summed E-state index contributed by atoms with van der Waals surface area (Å²) in [5.74, 6) is -2.31. The van der Waals surface area contributed by atoms with Gasteiger partial charge in [-0.3, -0.25) is 9.59 Å². The van der Waals surface area contributed by atoms with Gasteiger partial charge >= 0.3 is 5.97 Å². The lowest BCUT2D eigenvalue weighted by atomic mass is 9.95. The predicted octanol–water partition coefficient (Wildman–Crippen LogP) is 0.244. The molecule has 1 aliphatic rings. The Balaban J connectivity index is 2.02. The lowest BCUT2D eigenvalue weighted by molar-refractivity contribution is -0.143. The number of carboxylic acid groups (broad SMARTS) is 1. The summed E-state index contributed by atoms with van der Waals surface area (Å²) in [5.41, 5.74) is 0.796. The Morgan fingerprint density at radius 1 is 1.26 bits per heavy atom. The van der Waals surface area contributed by atoms with Gasteiger partial charge in [0, 0.05) is 23.9 Å². The Morgan fingerprint density at radius 2 is 1.96 bits per heavy atom. The van der Waals surface area contributed by atoms with E-state index in [1.807, 2.05) is 0 Å². The molecule has 0 aliphatic carbocycles. The third-order valence-electron chi connectivity index (χ3n) is 4.49. The lowest BCUT2D eigenvalue weighted by Gasteiger charge is -2.20. The molecule has 9 heteroatoms. The molecule has 0 aromatic heterocycles. The van der Waals surface area contributed by atoms with Gasteiger partial charge in [0.1, 0.15) is 6.04 Å². The van der Waals surface area contributed by atoms with Crippen LogP contribution in [-0.4, -0.2) is 59.8 Å². The van der Waals surface area contributed by atoms with Crippen LogP contribution in [0.15, 0.2) is 24.3 Å². The minimum Gasteiger partial charge on any atom is -0.480 e. The van der Waals surface area contributed by atoms with Crippen molar-refractivity contribution < 1.29 is 24.6 Å². The predicted molar refractivity (Wildman–Crippen MR) is 99.5 cm³/mol. The average Bonchev–Trinajstić information content (AvgIpc) is 3.18. The van der Waals surface area contributed by atoms with E-state index in [-0.39, 0.29) is 30.8 Å². The maximum Gasteiger partial charge on any atom is 0.328 e. The van der Waals surface area contributed by atoms with Crippen molar-refractivity contribution in [3.8, 4) is 0 Å². The second kappa shape index (κ2) is 10.2. The van der Waals surface area contributed by atoms with Crippen molar-refractivity contribution in [2.45, 2.75) is 37.3 Å². The number of aliphatic hydroxyl groups excluding tert-OH is 1. The molecule has 27 heavy (non-hydrogen) atoms. The molecule has 5 N–H and O–H groups in total. The number of carbonyl (C=O) groups is 3. The van der Waals surface area contributed by atoms with Crippen molar-refractivity contribution in [1.82, 2.24) is 16.0 Å². The molecule has 2 amide bonds. The molecule has 8 nitrogen and oxygen atoms in total. The summed E-state index contributed by atoms with van der Waals surface area (Å²) in [6, 6.07) is 5.32. The molecule has 1 heterocycles. The fourth-order valence-electron chi connectivity index (χ4n) is 2.96. The molecule has 1 aliphatic heterocycles. The first kappa shape index (κ1) is 21.1. The summed E-state index contributed by atoms with van der Waals surface area (Å²) in [4.78, 5) is 35.4. The Morgan fingerprint density at radius 3 is 2.52 bits per heavy atom. The minimum absolute atomic E-state index is 0.0379. The van der Waals surface area contributed by atoms with E-state index >= 15 is 0 Å². The molecule has 0 radical (unpaired) electrons. The number of nitrogens with one attached hydrogen (secondary N) is 3. The third kappa shape index (κ3) is 6.50. The normalized spacial score (nSPS) is 18.5. The fourth-order valence-corrected chi connectivity index (χ4v) is 3.09. The molecule has 1 aromatic carbocycles. The number of aliphatic carboxylic acids is 1. The summed E-state index contributed by atoms with van der Waals surface area (Å²) in [5, 5.41) is 26.8. The lowest BCUT2D eigenvalue weighted by Crippen LogP contribution is -2.45. The zero-order chi connectivity index (χ0) is 19.8.